The predicted octanol–water partition coefficient (Wildman–Crippen LogP) is 5.67. The van der Waals surface area contributed by atoms with Crippen molar-refractivity contribution in [1.29, 1.82) is 0 Å². The molecule has 1 aliphatic rings. The van der Waals surface area contributed by atoms with Crippen molar-refractivity contribution in [2.45, 2.75) is 39.3 Å². The van der Waals surface area contributed by atoms with E-state index in [1.54, 1.807) is 0 Å². The van der Waals surface area contributed by atoms with Gasteiger partial charge in [-0.25, -0.2) is 4.79 Å². The SMILES string of the molecule is C=C1c2c(n(CCCC)c3ccccc23)C(=O)OC1c1ccc(C)cc1. The van der Waals surface area contributed by atoms with Gasteiger partial charge in [-0.1, -0.05) is 68.0 Å². The maximum Gasteiger partial charge on any atom is 0.356 e. The van der Waals surface area contributed by atoms with Crippen molar-refractivity contribution in [2.75, 3.05) is 0 Å². The summed E-state index contributed by atoms with van der Waals surface area (Å²) in [5.41, 5.74) is 5.67. The molecule has 0 saturated heterocycles. The molecule has 132 valence electrons. The maximum atomic E-state index is 13.0. The Balaban J connectivity index is 1.88. The predicted molar refractivity (Wildman–Crippen MR) is 105 cm³/mol. The number of fused-ring (bicyclic) bond motifs is 3. The third-order valence-electron chi connectivity index (χ3n) is 5.14. The molecule has 0 N–H and O–H groups in total. The second-order valence-electron chi connectivity index (χ2n) is 6.97. The average Bonchev–Trinajstić information content (AvgIpc) is 2.99. The lowest BCUT2D eigenvalue weighted by Crippen LogP contribution is -2.23. The van der Waals surface area contributed by atoms with Crippen LogP contribution < -0.4 is 0 Å². The summed E-state index contributed by atoms with van der Waals surface area (Å²) < 4.78 is 7.95. The standard InChI is InChI=1S/C23H23NO2/c1-4-5-14-24-19-9-7-6-8-18(19)20-16(3)22(26-23(25)21(20)24)17-12-10-15(2)11-13-17/h6-13,22H,3-5,14H2,1-2H3. The smallest absolute Gasteiger partial charge is 0.356 e. The van der Waals surface area contributed by atoms with Crippen LogP contribution in [0.25, 0.3) is 16.5 Å². The number of unbranched alkanes of at least 4 members (excludes halogenated alkanes) is 1. The molecule has 26 heavy (non-hydrogen) atoms. The van der Waals surface area contributed by atoms with Crippen LogP contribution in [-0.4, -0.2) is 10.5 Å². The van der Waals surface area contributed by atoms with Crippen molar-refractivity contribution >= 4 is 22.4 Å². The molecule has 0 amide bonds. The monoisotopic (exact) mass is 345 g/mol. The van der Waals surface area contributed by atoms with E-state index in [1.807, 2.05) is 43.3 Å². The topological polar surface area (TPSA) is 31.2 Å². The lowest BCUT2D eigenvalue weighted by Gasteiger charge is -2.26. The van der Waals surface area contributed by atoms with E-state index in [0.717, 1.165) is 47.0 Å². The first kappa shape index (κ1) is 16.6. The Morgan fingerprint density at radius 2 is 1.85 bits per heavy atom. The molecule has 0 aliphatic carbocycles. The van der Waals surface area contributed by atoms with Gasteiger partial charge in [-0.2, -0.15) is 0 Å². The minimum atomic E-state index is -0.430. The number of ether oxygens (including phenoxy) is 1. The van der Waals surface area contributed by atoms with Gasteiger partial charge in [-0.15, -0.1) is 0 Å². The summed E-state index contributed by atoms with van der Waals surface area (Å²) >= 11 is 0. The molecule has 1 aliphatic heterocycles. The summed E-state index contributed by atoms with van der Waals surface area (Å²) in [5, 5.41) is 1.08. The van der Waals surface area contributed by atoms with E-state index in [9.17, 15) is 4.79 Å². The lowest BCUT2D eigenvalue weighted by atomic mass is 9.91. The van der Waals surface area contributed by atoms with Crippen molar-refractivity contribution in [3.05, 3.63) is 77.5 Å². The second kappa shape index (κ2) is 6.49. The summed E-state index contributed by atoms with van der Waals surface area (Å²) in [6.07, 6.45) is 1.66. The van der Waals surface area contributed by atoms with Gasteiger partial charge < -0.3 is 9.30 Å². The molecule has 4 rings (SSSR count). The summed E-state index contributed by atoms with van der Waals surface area (Å²) in [6, 6.07) is 16.3. The normalized spacial score (nSPS) is 16.6. The van der Waals surface area contributed by atoms with Crippen molar-refractivity contribution < 1.29 is 9.53 Å². The summed E-state index contributed by atoms with van der Waals surface area (Å²) in [5.74, 6) is -0.259. The van der Waals surface area contributed by atoms with E-state index >= 15 is 0 Å². The highest BCUT2D eigenvalue weighted by atomic mass is 16.5. The van der Waals surface area contributed by atoms with E-state index in [1.165, 1.54) is 5.56 Å². The molecule has 1 aromatic heterocycles. The van der Waals surface area contributed by atoms with E-state index in [4.69, 9.17) is 4.74 Å². The highest BCUT2D eigenvalue weighted by Gasteiger charge is 2.35. The first-order valence-electron chi connectivity index (χ1n) is 9.19. The van der Waals surface area contributed by atoms with Crippen LogP contribution in [0.3, 0.4) is 0 Å². The summed E-state index contributed by atoms with van der Waals surface area (Å²) in [6.45, 7) is 9.33. The number of para-hydroxylation sites is 1. The average molecular weight is 345 g/mol. The molecule has 0 bridgehead atoms. The molecular weight excluding hydrogens is 322 g/mol. The van der Waals surface area contributed by atoms with Gasteiger partial charge in [0.2, 0.25) is 0 Å². The van der Waals surface area contributed by atoms with Gasteiger partial charge in [-0.05, 0) is 25.0 Å². The van der Waals surface area contributed by atoms with Crippen LogP contribution in [0.1, 0.15) is 53.0 Å². The molecule has 0 spiro atoms. The fourth-order valence-electron chi connectivity index (χ4n) is 3.76. The summed E-state index contributed by atoms with van der Waals surface area (Å²) in [4.78, 5) is 13.0. The molecule has 2 aromatic carbocycles. The van der Waals surface area contributed by atoms with E-state index in [2.05, 4.69) is 30.2 Å². The van der Waals surface area contributed by atoms with Crippen molar-refractivity contribution in [2.24, 2.45) is 0 Å². The number of esters is 1. The number of rotatable bonds is 4. The Morgan fingerprint density at radius 1 is 1.12 bits per heavy atom. The van der Waals surface area contributed by atoms with Crippen molar-refractivity contribution in [3.63, 3.8) is 0 Å². The Kier molecular flexibility index (Phi) is 4.15. The van der Waals surface area contributed by atoms with Gasteiger partial charge in [0.15, 0.2) is 6.10 Å². The number of carbonyl (C=O) groups excluding carboxylic acids is 1. The van der Waals surface area contributed by atoms with Crippen molar-refractivity contribution in [1.82, 2.24) is 4.57 Å². The van der Waals surface area contributed by atoms with E-state index < -0.39 is 6.10 Å². The number of aromatic nitrogens is 1. The number of benzene rings is 2. The highest BCUT2D eigenvalue weighted by Crippen LogP contribution is 2.43. The first-order chi connectivity index (χ1) is 12.6. The van der Waals surface area contributed by atoms with Crippen LogP contribution in [-0.2, 0) is 11.3 Å². The van der Waals surface area contributed by atoms with Crippen LogP contribution >= 0.6 is 0 Å². The van der Waals surface area contributed by atoms with Crippen LogP contribution in [0, 0.1) is 6.92 Å². The molecule has 0 radical (unpaired) electrons. The Bertz CT molecular complexity index is 995. The third kappa shape index (κ3) is 2.55. The third-order valence-corrected chi connectivity index (χ3v) is 5.14. The van der Waals surface area contributed by atoms with Gasteiger partial charge in [0, 0.05) is 28.6 Å². The zero-order chi connectivity index (χ0) is 18.3. The maximum absolute atomic E-state index is 13.0. The molecule has 3 aromatic rings. The first-order valence-corrected chi connectivity index (χ1v) is 9.19. The lowest BCUT2D eigenvalue weighted by molar-refractivity contribution is 0.0375. The zero-order valence-electron chi connectivity index (χ0n) is 15.3. The molecule has 0 fully saturated rings. The van der Waals surface area contributed by atoms with Gasteiger partial charge in [0.05, 0.1) is 0 Å². The number of aryl methyl sites for hydroxylation is 2. The number of cyclic esters (lactones) is 1. The Hall–Kier alpha value is -2.81. The Labute approximate surface area is 153 Å². The quantitative estimate of drug-likeness (QED) is 0.570. The molecule has 1 atom stereocenters. The van der Waals surface area contributed by atoms with Crippen LogP contribution in [0.15, 0.2) is 55.1 Å². The minimum absolute atomic E-state index is 0.259. The fraction of sp³-hybridized carbons (Fsp3) is 0.261. The molecule has 3 nitrogen and oxygen atoms in total. The summed E-state index contributed by atoms with van der Waals surface area (Å²) in [7, 11) is 0. The largest absolute Gasteiger partial charge is 0.448 e. The van der Waals surface area contributed by atoms with Crippen LogP contribution in [0.4, 0.5) is 0 Å². The van der Waals surface area contributed by atoms with Gasteiger partial charge in [-0.3, -0.25) is 0 Å². The van der Waals surface area contributed by atoms with Crippen LogP contribution in [0.2, 0.25) is 0 Å². The molecule has 0 saturated carbocycles. The Morgan fingerprint density at radius 3 is 2.58 bits per heavy atom. The number of hydrogen-bond acceptors (Lipinski definition) is 2. The van der Waals surface area contributed by atoms with Gasteiger partial charge in [0.1, 0.15) is 5.69 Å². The second-order valence-corrected chi connectivity index (χ2v) is 6.97. The molecule has 3 heteroatoms. The van der Waals surface area contributed by atoms with Crippen LogP contribution in [0.5, 0.6) is 0 Å². The van der Waals surface area contributed by atoms with Crippen molar-refractivity contribution in [3.8, 4) is 0 Å². The minimum Gasteiger partial charge on any atom is -0.448 e. The molecule has 2 heterocycles. The van der Waals surface area contributed by atoms with Gasteiger partial charge >= 0.3 is 5.97 Å². The highest BCUT2D eigenvalue weighted by molar-refractivity contribution is 6.08. The van der Waals surface area contributed by atoms with E-state index in [-0.39, 0.29) is 5.97 Å². The molecule has 1 unspecified atom stereocenters. The fourth-order valence-corrected chi connectivity index (χ4v) is 3.76. The number of hydrogen-bond donors (Lipinski definition) is 0. The van der Waals surface area contributed by atoms with E-state index in [0.29, 0.717) is 5.69 Å². The zero-order valence-corrected chi connectivity index (χ0v) is 15.3. The van der Waals surface area contributed by atoms with Gasteiger partial charge in [0.25, 0.3) is 0 Å². The number of carbonyl (C=O) groups is 1. The number of nitrogens with zero attached hydrogens (tertiary/aromatic N) is 1. The molecular formula is C23H23NO2.